The molecule has 0 saturated carbocycles. The van der Waals surface area contributed by atoms with E-state index in [4.69, 9.17) is 10.5 Å². The molecular weight excluding hydrogens is 266 g/mol. The Balaban J connectivity index is 1.84. The molecule has 20 heavy (non-hydrogen) atoms. The van der Waals surface area contributed by atoms with Crippen molar-refractivity contribution in [2.45, 2.75) is 71.4 Å². The molecule has 0 aromatic heterocycles. The maximum atomic E-state index is 6.56. The van der Waals surface area contributed by atoms with Gasteiger partial charge in [-0.05, 0) is 55.1 Å². The lowest BCUT2D eigenvalue weighted by Crippen LogP contribution is -2.46. The number of nitrogens with two attached hydrogens (primary N) is 1. The molecule has 0 aromatic rings. The minimum atomic E-state index is 0.179. The molecule has 2 rings (SSSR count). The van der Waals surface area contributed by atoms with Crippen molar-refractivity contribution in [3.8, 4) is 0 Å². The zero-order valence-corrected chi connectivity index (χ0v) is 14.6. The zero-order chi connectivity index (χ0) is 14.8. The van der Waals surface area contributed by atoms with Crippen LogP contribution in [0.25, 0.3) is 0 Å². The van der Waals surface area contributed by atoms with Gasteiger partial charge in [-0.3, -0.25) is 0 Å². The third-order valence-corrected chi connectivity index (χ3v) is 6.06. The van der Waals surface area contributed by atoms with Gasteiger partial charge in [-0.25, -0.2) is 0 Å². The topological polar surface area (TPSA) is 35.2 Å². The van der Waals surface area contributed by atoms with Gasteiger partial charge in [0, 0.05) is 18.4 Å². The Labute approximate surface area is 129 Å². The van der Waals surface area contributed by atoms with Gasteiger partial charge in [-0.1, -0.05) is 27.7 Å². The van der Waals surface area contributed by atoms with E-state index < -0.39 is 0 Å². The largest absolute Gasteiger partial charge is 0.374 e. The molecular formula is C17H33NOS. The summed E-state index contributed by atoms with van der Waals surface area (Å²) in [6.45, 7) is 10.3. The van der Waals surface area contributed by atoms with Gasteiger partial charge in [0.1, 0.15) is 0 Å². The van der Waals surface area contributed by atoms with Gasteiger partial charge in [-0.15, -0.1) is 0 Å². The maximum Gasteiger partial charge on any atom is 0.0783 e. The van der Waals surface area contributed by atoms with E-state index in [1.165, 1.54) is 37.2 Å². The van der Waals surface area contributed by atoms with Crippen LogP contribution in [-0.4, -0.2) is 29.8 Å². The van der Waals surface area contributed by atoms with Crippen molar-refractivity contribution in [1.82, 2.24) is 0 Å². The molecule has 2 fully saturated rings. The molecule has 2 aliphatic heterocycles. The predicted molar refractivity (Wildman–Crippen MR) is 89.2 cm³/mol. The number of ether oxygens (including phenoxy) is 1. The molecule has 0 amide bonds. The van der Waals surface area contributed by atoms with Gasteiger partial charge in [0.25, 0.3) is 0 Å². The standard InChI is InChI=1S/C17H33NOS/c1-13(10-16(2,3)4)9-15(18)14-5-7-19-17(11-14)6-8-20-12-17/h13-15H,5-12,18H2,1-4H3. The zero-order valence-electron chi connectivity index (χ0n) is 13.8. The van der Waals surface area contributed by atoms with E-state index in [0.29, 0.717) is 17.4 Å². The average molecular weight is 300 g/mol. The molecule has 118 valence electrons. The van der Waals surface area contributed by atoms with Crippen LogP contribution < -0.4 is 5.73 Å². The monoisotopic (exact) mass is 299 g/mol. The van der Waals surface area contributed by atoms with Crippen molar-refractivity contribution < 1.29 is 4.74 Å². The van der Waals surface area contributed by atoms with Crippen molar-refractivity contribution in [3.63, 3.8) is 0 Å². The molecule has 0 bridgehead atoms. The minimum absolute atomic E-state index is 0.179. The number of hydrogen-bond donors (Lipinski definition) is 1. The molecule has 2 nitrogen and oxygen atoms in total. The molecule has 2 saturated heterocycles. The minimum Gasteiger partial charge on any atom is -0.374 e. The van der Waals surface area contributed by atoms with Crippen LogP contribution >= 0.6 is 11.8 Å². The summed E-state index contributed by atoms with van der Waals surface area (Å²) < 4.78 is 6.12. The molecule has 4 atom stereocenters. The lowest BCUT2D eigenvalue weighted by Gasteiger charge is -2.40. The lowest BCUT2D eigenvalue weighted by molar-refractivity contribution is -0.0842. The van der Waals surface area contributed by atoms with E-state index in [-0.39, 0.29) is 5.60 Å². The van der Waals surface area contributed by atoms with E-state index in [1.807, 2.05) is 11.8 Å². The summed E-state index contributed by atoms with van der Waals surface area (Å²) in [7, 11) is 0. The lowest BCUT2D eigenvalue weighted by atomic mass is 9.76. The molecule has 2 aliphatic rings. The van der Waals surface area contributed by atoms with Gasteiger partial charge in [0.2, 0.25) is 0 Å². The highest BCUT2D eigenvalue weighted by Gasteiger charge is 2.42. The fourth-order valence-electron chi connectivity index (χ4n) is 4.08. The van der Waals surface area contributed by atoms with Crippen LogP contribution in [0.3, 0.4) is 0 Å². The van der Waals surface area contributed by atoms with Crippen LogP contribution in [0.5, 0.6) is 0 Å². The van der Waals surface area contributed by atoms with E-state index in [2.05, 4.69) is 27.7 Å². The molecule has 4 unspecified atom stereocenters. The summed E-state index contributed by atoms with van der Waals surface area (Å²) in [5.74, 6) is 3.85. The quantitative estimate of drug-likeness (QED) is 0.849. The van der Waals surface area contributed by atoms with Crippen molar-refractivity contribution in [1.29, 1.82) is 0 Å². The van der Waals surface area contributed by atoms with Crippen molar-refractivity contribution in [2.75, 3.05) is 18.1 Å². The average Bonchev–Trinajstić information content (AvgIpc) is 2.74. The Hall–Kier alpha value is 0.270. The third-order valence-electron chi connectivity index (χ3n) is 4.84. The normalized spacial score (nSPS) is 34.4. The Bertz CT molecular complexity index is 307. The first kappa shape index (κ1) is 16.6. The Morgan fingerprint density at radius 2 is 2.15 bits per heavy atom. The fourth-order valence-corrected chi connectivity index (χ4v) is 5.46. The second kappa shape index (κ2) is 6.58. The fraction of sp³-hybridized carbons (Fsp3) is 1.00. The van der Waals surface area contributed by atoms with E-state index >= 15 is 0 Å². The van der Waals surface area contributed by atoms with Crippen molar-refractivity contribution >= 4 is 11.8 Å². The summed E-state index contributed by atoms with van der Waals surface area (Å²) in [5.41, 5.74) is 7.15. The SMILES string of the molecule is CC(CC(N)C1CCOC2(CCSC2)C1)CC(C)(C)C. The summed E-state index contributed by atoms with van der Waals surface area (Å²) in [4.78, 5) is 0. The number of hydrogen-bond acceptors (Lipinski definition) is 3. The van der Waals surface area contributed by atoms with Gasteiger partial charge >= 0.3 is 0 Å². The highest BCUT2D eigenvalue weighted by atomic mass is 32.2. The van der Waals surface area contributed by atoms with Crippen molar-refractivity contribution in [2.24, 2.45) is 23.0 Å². The van der Waals surface area contributed by atoms with Crippen LogP contribution in [0.1, 0.15) is 59.8 Å². The molecule has 3 heteroatoms. The second-order valence-electron chi connectivity index (χ2n) is 8.36. The second-order valence-corrected chi connectivity index (χ2v) is 9.46. The molecule has 0 aliphatic carbocycles. The van der Waals surface area contributed by atoms with Gasteiger partial charge < -0.3 is 10.5 Å². The molecule has 1 spiro atoms. The van der Waals surface area contributed by atoms with E-state index in [0.717, 1.165) is 18.9 Å². The van der Waals surface area contributed by atoms with Gasteiger partial charge in [0.15, 0.2) is 0 Å². The molecule has 0 radical (unpaired) electrons. The first-order chi connectivity index (χ1) is 9.30. The van der Waals surface area contributed by atoms with Crippen LogP contribution in [0.4, 0.5) is 0 Å². The Morgan fingerprint density at radius 3 is 2.75 bits per heavy atom. The van der Waals surface area contributed by atoms with Crippen LogP contribution in [0.15, 0.2) is 0 Å². The van der Waals surface area contributed by atoms with Gasteiger partial charge in [0.05, 0.1) is 5.60 Å². The molecule has 2 heterocycles. The van der Waals surface area contributed by atoms with Gasteiger partial charge in [-0.2, -0.15) is 11.8 Å². The molecule has 0 aromatic carbocycles. The van der Waals surface area contributed by atoms with E-state index in [9.17, 15) is 0 Å². The Morgan fingerprint density at radius 1 is 1.40 bits per heavy atom. The smallest absolute Gasteiger partial charge is 0.0783 e. The van der Waals surface area contributed by atoms with Crippen LogP contribution in [-0.2, 0) is 4.74 Å². The highest BCUT2D eigenvalue weighted by Crippen LogP contribution is 2.42. The predicted octanol–water partition coefficient (Wildman–Crippen LogP) is 4.08. The molecule has 2 N–H and O–H groups in total. The van der Waals surface area contributed by atoms with Crippen molar-refractivity contribution in [3.05, 3.63) is 0 Å². The summed E-state index contributed by atoms with van der Waals surface area (Å²) in [6, 6.07) is 0.360. The third kappa shape index (κ3) is 4.64. The van der Waals surface area contributed by atoms with Crippen LogP contribution in [0.2, 0.25) is 0 Å². The summed E-state index contributed by atoms with van der Waals surface area (Å²) >= 11 is 2.05. The first-order valence-corrected chi connectivity index (χ1v) is 9.42. The first-order valence-electron chi connectivity index (χ1n) is 8.27. The number of thioether (sulfide) groups is 1. The Kier molecular flexibility index (Phi) is 5.47. The van der Waals surface area contributed by atoms with Crippen LogP contribution in [0, 0.1) is 17.3 Å². The number of rotatable bonds is 4. The highest BCUT2D eigenvalue weighted by molar-refractivity contribution is 7.99. The summed E-state index contributed by atoms with van der Waals surface area (Å²) in [5, 5.41) is 0. The van der Waals surface area contributed by atoms with E-state index in [1.54, 1.807) is 0 Å². The maximum absolute atomic E-state index is 6.56. The summed E-state index contributed by atoms with van der Waals surface area (Å²) in [6.07, 6.45) is 6.04.